The van der Waals surface area contributed by atoms with Gasteiger partial charge in [0.1, 0.15) is 5.75 Å². The van der Waals surface area contributed by atoms with Crippen molar-refractivity contribution in [3.63, 3.8) is 0 Å². The molecule has 4 heteroatoms. The molecule has 0 radical (unpaired) electrons. The van der Waals surface area contributed by atoms with Gasteiger partial charge in [0.15, 0.2) is 6.61 Å². The van der Waals surface area contributed by atoms with E-state index in [0.717, 1.165) is 43.5 Å². The van der Waals surface area contributed by atoms with Gasteiger partial charge in [0.25, 0.3) is 5.91 Å². The second-order valence-corrected chi connectivity index (χ2v) is 5.55. The van der Waals surface area contributed by atoms with Gasteiger partial charge in [-0.05, 0) is 55.7 Å². The van der Waals surface area contributed by atoms with Gasteiger partial charge in [-0.1, -0.05) is 6.07 Å². The van der Waals surface area contributed by atoms with Crippen LogP contribution in [0, 0.1) is 5.92 Å². The van der Waals surface area contributed by atoms with E-state index >= 15 is 0 Å². The van der Waals surface area contributed by atoms with Crippen LogP contribution in [0.5, 0.6) is 5.75 Å². The van der Waals surface area contributed by atoms with Gasteiger partial charge >= 0.3 is 0 Å². The number of aliphatic hydroxyl groups excluding tert-OH is 1. The van der Waals surface area contributed by atoms with Crippen LogP contribution in [0.3, 0.4) is 0 Å². The summed E-state index contributed by atoms with van der Waals surface area (Å²) in [7, 11) is 0. The number of amides is 1. The summed E-state index contributed by atoms with van der Waals surface area (Å²) in [6, 6.07) is 6.01. The summed E-state index contributed by atoms with van der Waals surface area (Å²) in [6.07, 6.45) is 4.90. The van der Waals surface area contributed by atoms with Gasteiger partial charge in [-0.3, -0.25) is 4.79 Å². The van der Waals surface area contributed by atoms with E-state index in [1.54, 1.807) is 0 Å². The van der Waals surface area contributed by atoms with E-state index < -0.39 is 0 Å². The van der Waals surface area contributed by atoms with Crippen LogP contribution in [0.25, 0.3) is 0 Å². The predicted molar refractivity (Wildman–Crippen MR) is 72.2 cm³/mol. The van der Waals surface area contributed by atoms with Crippen LogP contribution in [-0.4, -0.2) is 23.7 Å². The minimum absolute atomic E-state index is 0.0922. The molecule has 1 aromatic rings. The van der Waals surface area contributed by atoms with Crippen molar-refractivity contribution >= 4 is 11.6 Å². The molecule has 19 heavy (non-hydrogen) atoms. The number of rotatable bonds is 2. The Morgan fingerprint density at radius 3 is 2.84 bits per heavy atom. The molecule has 1 aromatic carbocycles. The predicted octanol–water partition coefficient (Wildman–Crippen LogP) is 2.11. The lowest BCUT2D eigenvalue weighted by molar-refractivity contribution is -0.118. The number of carbonyl (C=O) groups excluding carboxylic acids is 1. The van der Waals surface area contributed by atoms with Crippen molar-refractivity contribution in [1.82, 2.24) is 0 Å². The van der Waals surface area contributed by atoms with Crippen LogP contribution < -0.4 is 10.1 Å². The lowest BCUT2D eigenvalue weighted by Gasteiger charge is -2.26. The monoisotopic (exact) mass is 261 g/mol. The first-order valence-electron chi connectivity index (χ1n) is 6.94. The molecule has 1 amide bonds. The lowest BCUT2D eigenvalue weighted by Crippen LogP contribution is -2.25. The molecule has 1 aliphatic heterocycles. The third-order valence-electron chi connectivity index (χ3n) is 4.02. The zero-order valence-electron chi connectivity index (χ0n) is 10.9. The van der Waals surface area contributed by atoms with Crippen LogP contribution >= 0.6 is 0 Å². The average molecular weight is 261 g/mol. The highest BCUT2D eigenvalue weighted by atomic mass is 16.5. The van der Waals surface area contributed by atoms with Crippen LogP contribution in [0.4, 0.5) is 5.69 Å². The highest BCUT2D eigenvalue weighted by molar-refractivity contribution is 5.95. The highest BCUT2D eigenvalue weighted by Gasteiger charge is 2.21. The first-order chi connectivity index (χ1) is 9.20. The number of nitrogens with one attached hydrogen (secondary N) is 1. The van der Waals surface area contributed by atoms with Gasteiger partial charge in [0.2, 0.25) is 0 Å². The molecule has 2 aliphatic rings. The molecule has 4 nitrogen and oxygen atoms in total. The number of hydrogen-bond acceptors (Lipinski definition) is 3. The summed E-state index contributed by atoms with van der Waals surface area (Å²) in [6.45, 7) is 0.104. The third-order valence-corrected chi connectivity index (χ3v) is 4.02. The molecule has 1 heterocycles. The first kappa shape index (κ1) is 12.5. The van der Waals surface area contributed by atoms with Crippen molar-refractivity contribution in [1.29, 1.82) is 0 Å². The van der Waals surface area contributed by atoms with E-state index in [1.165, 1.54) is 5.56 Å². The Labute approximate surface area is 112 Å². The Balaban J connectivity index is 1.68. The molecule has 1 saturated carbocycles. The van der Waals surface area contributed by atoms with Gasteiger partial charge < -0.3 is 15.2 Å². The smallest absolute Gasteiger partial charge is 0.262 e. The highest BCUT2D eigenvalue weighted by Crippen LogP contribution is 2.32. The fourth-order valence-corrected chi connectivity index (χ4v) is 2.94. The van der Waals surface area contributed by atoms with Gasteiger partial charge in [0.05, 0.1) is 11.8 Å². The Bertz CT molecular complexity index is 478. The molecule has 0 bridgehead atoms. The molecule has 0 atom stereocenters. The number of aliphatic hydroxyl groups is 1. The minimum atomic E-state index is -0.104. The van der Waals surface area contributed by atoms with Crippen LogP contribution in [0.1, 0.15) is 31.2 Å². The van der Waals surface area contributed by atoms with Crippen molar-refractivity contribution in [2.45, 2.75) is 38.2 Å². The molecule has 0 spiro atoms. The summed E-state index contributed by atoms with van der Waals surface area (Å²) in [4.78, 5) is 11.3. The fourth-order valence-electron chi connectivity index (χ4n) is 2.94. The Kier molecular flexibility index (Phi) is 3.42. The lowest BCUT2D eigenvalue weighted by atomic mass is 9.83. The topological polar surface area (TPSA) is 58.6 Å². The maximum Gasteiger partial charge on any atom is 0.262 e. The number of hydrogen-bond donors (Lipinski definition) is 2. The zero-order chi connectivity index (χ0) is 13.2. The molecular formula is C15H19NO3. The summed E-state index contributed by atoms with van der Waals surface area (Å²) in [5, 5.41) is 12.4. The maximum atomic E-state index is 11.3. The summed E-state index contributed by atoms with van der Waals surface area (Å²) < 4.78 is 5.35. The van der Waals surface area contributed by atoms with Gasteiger partial charge in [-0.25, -0.2) is 0 Å². The summed E-state index contributed by atoms with van der Waals surface area (Å²) >= 11 is 0. The fraction of sp³-hybridized carbons (Fsp3) is 0.533. The van der Waals surface area contributed by atoms with Crippen LogP contribution in [0.15, 0.2) is 18.2 Å². The van der Waals surface area contributed by atoms with Crippen molar-refractivity contribution in [3.05, 3.63) is 23.8 Å². The average Bonchev–Trinajstić information content (AvgIpc) is 2.41. The quantitative estimate of drug-likeness (QED) is 0.857. The first-order valence-corrected chi connectivity index (χ1v) is 6.94. The van der Waals surface area contributed by atoms with E-state index in [2.05, 4.69) is 11.4 Å². The second kappa shape index (κ2) is 5.21. The van der Waals surface area contributed by atoms with Gasteiger partial charge in [-0.2, -0.15) is 0 Å². The molecule has 2 N–H and O–H groups in total. The van der Waals surface area contributed by atoms with Crippen molar-refractivity contribution < 1.29 is 14.6 Å². The van der Waals surface area contributed by atoms with Crippen molar-refractivity contribution in [3.8, 4) is 5.75 Å². The third kappa shape index (κ3) is 2.89. The number of benzene rings is 1. The van der Waals surface area contributed by atoms with E-state index in [-0.39, 0.29) is 18.6 Å². The molecule has 0 saturated heterocycles. The maximum absolute atomic E-state index is 11.3. The van der Waals surface area contributed by atoms with E-state index in [0.29, 0.717) is 5.92 Å². The second-order valence-electron chi connectivity index (χ2n) is 5.55. The summed E-state index contributed by atoms with van der Waals surface area (Å²) in [5.41, 5.74) is 2.01. The SMILES string of the molecule is O=C1COc2ccc(CC3CCC(O)CC3)cc2N1. The molecule has 0 unspecified atom stereocenters. The number of fused-ring (bicyclic) bond motifs is 1. The largest absolute Gasteiger partial charge is 0.482 e. The molecule has 0 aromatic heterocycles. The van der Waals surface area contributed by atoms with Crippen molar-refractivity contribution in [2.24, 2.45) is 5.92 Å². The Morgan fingerprint density at radius 2 is 2.05 bits per heavy atom. The Morgan fingerprint density at radius 1 is 1.26 bits per heavy atom. The van der Waals surface area contributed by atoms with Crippen molar-refractivity contribution in [2.75, 3.05) is 11.9 Å². The zero-order valence-corrected chi connectivity index (χ0v) is 10.9. The van der Waals surface area contributed by atoms with Gasteiger partial charge in [-0.15, -0.1) is 0 Å². The van der Waals surface area contributed by atoms with Crippen LogP contribution in [-0.2, 0) is 11.2 Å². The number of anilines is 1. The molecular weight excluding hydrogens is 242 g/mol. The normalized spacial score (nSPS) is 26.3. The van der Waals surface area contributed by atoms with E-state index in [4.69, 9.17) is 4.74 Å². The molecule has 3 rings (SSSR count). The standard InChI is InChI=1S/C15H19NO3/c17-12-4-1-10(2-5-12)7-11-3-6-14-13(8-11)16-15(18)9-19-14/h3,6,8,10,12,17H,1-2,4-5,7,9H2,(H,16,18). The minimum Gasteiger partial charge on any atom is -0.482 e. The molecule has 1 aliphatic carbocycles. The van der Waals surface area contributed by atoms with E-state index in [9.17, 15) is 9.90 Å². The van der Waals surface area contributed by atoms with Crippen LogP contribution in [0.2, 0.25) is 0 Å². The summed E-state index contributed by atoms with van der Waals surface area (Å²) in [5.74, 6) is 1.30. The molecule has 1 fully saturated rings. The molecule has 102 valence electrons. The number of carbonyl (C=O) groups is 1. The van der Waals surface area contributed by atoms with E-state index in [1.807, 2.05) is 12.1 Å². The Hall–Kier alpha value is -1.55. The number of ether oxygens (including phenoxy) is 1. The van der Waals surface area contributed by atoms with Gasteiger partial charge in [0, 0.05) is 0 Å².